The standard InChI is InChI=1S/C16H18N4O2/c17-9-8-10-4-6-11(7-5-10)18-16(22)15-14-12(19-20-15)2-1-3-13(14)21/h4-7H,1-3,8-9,17H2,(H,18,22)(H,19,20). The van der Waals surface area contributed by atoms with Crippen LogP contribution in [0.2, 0.25) is 0 Å². The molecule has 0 aliphatic heterocycles. The lowest BCUT2D eigenvalue weighted by Gasteiger charge is -2.10. The predicted octanol–water partition coefficient (Wildman–Crippen LogP) is 1.68. The number of nitrogens with zero attached hydrogens (tertiary/aromatic N) is 1. The number of nitrogens with one attached hydrogen (secondary N) is 2. The van der Waals surface area contributed by atoms with Gasteiger partial charge in [0.1, 0.15) is 0 Å². The van der Waals surface area contributed by atoms with Crippen molar-refractivity contribution in [1.29, 1.82) is 0 Å². The van der Waals surface area contributed by atoms with Crippen molar-refractivity contribution in [3.63, 3.8) is 0 Å². The number of carbonyl (C=O) groups excluding carboxylic acids is 2. The maximum Gasteiger partial charge on any atom is 0.276 e. The summed E-state index contributed by atoms with van der Waals surface area (Å²) >= 11 is 0. The Balaban J connectivity index is 1.77. The fourth-order valence-corrected chi connectivity index (χ4v) is 2.69. The number of nitrogens with two attached hydrogens (primary N) is 1. The molecule has 114 valence electrons. The molecule has 1 aliphatic rings. The van der Waals surface area contributed by atoms with E-state index in [1.165, 1.54) is 0 Å². The number of Topliss-reactive ketones (excluding diaryl/α,β-unsaturated/α-hetero) is 1. The van der Waals surface area contributed by atoms with Gasteiger partial charge in [-0.1, -0.05) is 12.1 Å². The third-order valence-electron chi connectivity index (χ3n) is 3.81. The number of aryl methyl sites for hydroxylation is 1. The van der Waals surface area contributed by atoms with E-state index in [1.807, 2.05) is 24.3 Å². The van der Waals surface area contributed by atoms with E-state index in [1.54, 1.807) is 0 Å². The summed E-state index contributed by atoms with van der Waals surface area (Å²) in [4.78, 5) is 24.3. The number of hydrogen-bond acceptors (Lipinski definition) is 4. The van der Waals surface area contributed by atoms with Gasteiger partial charge in [0.05, 0.1) is 5.56 Å². The molecule has 2 aromatic rings. The largest absolute Gasteiger partial charge is 0.330 e. The highest BCUT2D eigenvalue weighted by Gasteiger charge is 2.27. The zero-order chi connectivity index (χ0) is 15.5. The van der Waals surface area contributed by atoms with E-state index in [-0.39, 0.29) is 17.4 Å². The summed E-state index contributed by atoms with van der Waals surface area (Å²) in [5, 5.41) is 9.60. The lowest BCUT2D eigenvalue weighted by Crippen LogP contribution is -2.18. The first-order valence-electron chi connectivity index (χ1n) is 7.40. The number of ketones is 1. The van der Waals surface area contributed by atoms with Crippen molar-refractivity contribution in [2.45, 2.75) is 25.7 Å². The number of fused-ring (bicyclic) bond motifs is 1. The Bertz CT molecular complexity index is 703. The molecule has 1 aromatic carbocycles. The molecule has 0 saturated heterocycles. The number of amides is 1. The minimum atomic E-state index is -0.362. The molecule has 0 radical (unpaired) electrons. The maximum absolute atomic E-state index is 12.3. The summed E-state index contributed by atoms with van der Waals surface area (Å²) in [6, 6.07) is 7.49. The smallest absolute Gasteiger partial charge is 0.276 e. The van der Waals surface area contributed by atoms with Gasteiger partial charge in [-0.3, -0.25) is 14.7 Å². The molecule has 6 heteroatoms. The summed E-state index contributed by atoms with van der Waals surface area (Å²) in [7, 11) is 0. The molecule has 1 amide bonds. The van der Waals surface area contributed by atoms with Crippen LogP contribution < -0.4 is 11.1 Å². The van der Waals surface area contributed by atoms with Gasteiger partial charge < -0.3 is 11.1 Å². The van der Waals surface area contributed by atoms with Gasteiger partial charge in [-0.05, 0) is 43.5 Å². The Hall–Kier alpha value is -2.47. The average Bonchev–Trinajstić information content (AvgIpc) is 2.95. The summed E-state index contributed by atoms with van der Waals surface area (Å²) in [6.45, 7) is 0.591. The van der Waals surface area contributed by atoms with Crippen molar-refractivity contribution in [2.75, 3.05) is 11.9 Å². The molecule has 1 aromatic heterocycles. The van der Waals surface area contributed by atoms with Crippen LogP contribution in [0.25, 0.3) is 0 Å². The molecule has 0 bridgehead atoms. The zero-order valence-electron chi connectivity index (χ0n) is 12.2. The average molecular weight is 298 g/mol. The molecule has 1 aliphatic carbocycles. The van der Waals surface area contributed by atoms with Crippen LogP contribution in [-0.4, -0.2) is 28.4 Å². The fraction of sp³-hybridized carbons (Fsp3) is 0.312. The highest BCUT2D eigenvalue weighted by molar-refractivity contribution is 6.12. The summed E-state index contributed by atoms with van der Waals surface area (Å²) in [5.74, 6) is -0.377. The van der Waals surface area contributed by atoms with E-state index in [0.717, 1.165) is 30.5 Å². The van der Waals surface area contributed by atoms with Crippen LogP contribution in [0.3, 0.4) is 0 Å². The first-order valence-corrected chi connectivity index (χ1v) is 7.40. The molecule has 6 nitrogen and oxygen atoms in total. The van der Waals surface area contributed by atoms with Crippen LogP contribution in [0.1, 0.15) is 44.9 Å². The summed E-state index contributed by atoms with van der Waals surface area (Å²) in [6.07, 6.45) is 2.84. The van der Waals surface area contributed by atoms with Gasteiger partial charge in [-0.15, -0.1) is 0 Å². The monoisotopic (exact) mass is 298 g/mol. The van der Waals surface area contributed by atoms with Crippen LogP contribution in [0.15, 0.2) is 24.3 Å². The van der Waals surface area contributed by atoms with Gasteiger partial charge in [0, 0.05) is 17.8 Å². The van der Waals surface area contributed by atoms with Crippen LogP contribution in [0.5, 0.6) is 0 Å². The van der Waals surface area contributed by atoms with Crippen molar-refractivity contribution in [3.8, 4) is 0 Å². The van der Waals surface area contributed by atoms with Crippen molar-refractivity contribution in [1.82, 2.24) is 10.2 Å². The van der Waals surface area contributed by atoms with Gasteiger partial charge in [0.25, 0.3) is 5.91 Å². The lowest BCUT2D eigenvalue weighted by molar-refractivity contribution is 0.0955. The second kappa shape index (κ2) is 6.11. The minimum Gasteiger partial charge on any atom is -0.330 e. The van der Waals surface area contributed by atoms with Crippen molar-refractivity contribution in [3.05, 3.63) is 46.8 Å². The molecule has 0 fully saturated rings. The number of aromatic amines is 1. The third kappa shape index (κ3) is 2.78. The molecular formula is C16H18N4O2. The Labute approximate surface area is 128 Å². The molecule has 0 saturated carbocycles. The molecular weight excluding hydrogens is 280 g/mol. The van der Waals surface area contributed by atoms with Gasteiger partial charge in [-0.25, -0.2) is 0 Å². The Kier molecular flexibility index (Phi) is 4.02. The van der Waals surface area contributed by atoms with Crippen molar-refractivity contribution in [2.24, 2.45) is 5.73 Å². The molecule has 22 heavy (non-hydrogen) atoms. The molecule has 4 N–H and O–H groups in total. The fourth-order valence-electron chi connectivity index (χ4n) is 2.69. The highest BCUT2D eigenvalue weighted by atomic mass is 16.2. The number of anilines is 1. The van der Waals surface area contributed by atoms with Crippen LogP contribution >= 0.6 is 0 Å². The Morgan fingerprint density at radius 2 is 2.05 bits per heavy atom. The number of H-pyrrole nitrogens is 1. The van der Waals surface area contributed by atoms with Crippen molar-refractivity contribution >= 4 is 17.4 Å². The third-order valence-corrected chi connectivity index (χ3v) is 3.81. The summed E-state index contributed by atoms with van der Waals surface area (Å²) < 4.78 is 0. The quantitative estimate of drug-likeness (QED) is 0.799. The predicted molar refractivity (Wildman–Crippen MR) is 83.0 cm³/mol. The van der Waals surface area contributed by atoms with Gasteiger partial charge >= 0.3 is 0 Å². The van der Waals surface area contributed by atoms with Gasteiger partial charge in [-0.2, -0.15) is 5.10 Å². The SMILES string of the molecule is NCCc1ccc(NC(=O)c2n[nH]c3c2C(=O)CCC3)cc1. The normalized spacial score (nSPS) is 13.8. The molecule has 1 heterocycles. The van der Waals surface area contributed by atoms with Gasteiger partial charge in [0.2, 0.25) is 0 Å². The lowest BCUT2D eigenvalue weighted by atomic mass is 9.94. The second-order valence-electron chi connectivity index (χ2n) is 5.39. The van der Waals surface area contributed by atoms with Crippen LogP contribution in [0.4, 0.5) is 5.69 Å². The van der Waals surface area contributed by atoms with Crippen LogP contribution in [0, 0.1) is 0 Å². The number of rotatable bonds is 4. The highest BCUT2D eigenvalue weighted by Crippen LogP contribution is 2.23. The first-order chi connectivity index (χ1) is 10.7. The van der Waals surface area contributed by atoms with Gasteiger partial charge in [0.15, 0.2) is 11.5 Å². The van der Waals surface area contributed by atoms with E-state index in [4.69, 9.17) is 5.73 Å². The van der Waals surface area contributed by atoms with E-state index >= 15 is 0 Å². The second-order valence-corrected chi connectivity index (χ2v) is 5.39. The number of benzene rings is 1. The summed E-state index contributed by atoms with van der Waals surface area (Å²) in [5.41, 5.74) is 8.70. The minimum absolute atomic E-state index is 0.0153. The van der Waals surface area contributed by atoms with E-state index in [2.05, 4.69) is 15.5 Å². The first kappa shape index (κ1) is 14.5. The topological polar surface area (TPSA) is 101 Å². The molecule has 0 spiro atoms. The van der Waals surface area contributed by atoms with Crippen molar-refractivity contribution < 1.29 is 9.59 Å². The number of hydrogen-bond donors (Lipinski definition) is 3. The molecule has 0 atom stereocenters. The Morgan fingerprint density at radius 1 is 1.27 bits per heavy atom. The zero-order valence-corrected chi connectivity index (χ0v) is 12.2. The molecule has 3 rings (SSSR count). The van der Waals surface area contributed by atoms with E-state index < -0.39 is 0 Å². The Morgan fingerprint density at radius 3 is 2.77 bits per heavy atom. The van der Waals surface area contributed by atoms with E-state index in [0.29, 0.717) is 24.2 Å². The van der Waals surface area contributed by atoms with Crippen LogP contribution in [-0.2, 0) is 12.8 Å². The maximum atomic E-state index is 12.3. The number of carbonyl (C=O) groups is 2. The molecule has 0 unspecified atom stereocenters. The van der Waals surface area contributed by atoms with E-state index in [9.17, 15) is 9.59 Å². The number of aromatic nitrogens is 2.